The molecule has 0 aliphatic carbocycles. The molecule has 0 fully saturated rings. The van der Waals surface area contributed by atoms with Gasteiger partial charge in [-0.25, -0.2) is 0 Å². The smallest absolute Gasteiger partial charge is 0.243 e. The molecule has 0 saturated carbocycles. The van der Waals surface area contributed by atoms with Crippen molar-refractivity contribution in [1.82, 2.24) is 0 Å². The zero-order valence-corrected chi connectivity index (χ0v) is 12.7. The summed E-state index contributed by atoms with van der Waals surface area (Å²) in [6, 6.07) is 15.3. The second-order valence-corrected chi connectivity index (χ2v) is 6.20. The Labute approximate surface area is 132 Å². The molecule has 3 nitrogen and oxygen atoms in total. The van der Waals surface area contributed by atoms with Crippen LogP contribution in [0, 0.1) is 0 Å². The van der Waals surface area contributed by atoms with Crippen LogP contribution in [0.4, 0.5) is 5.69 Å². The largest absolute Gasteiger partial charge is 0.324 e. The highest BCUT2D eigenvalue weighted by atomic mass is 35.5. The van der Waals surface area contributed by atoms with Crippen molar-refractivity contribution >= 4 is 41.2 Å². The topological polar surface area (TPSA) is 41.5 Å². The van der Waals surface area contributed by atoms with E-state index in [0.29, 0.717) is 11.6 Å². The van der Waals surface area contributed by atoms with Crippen LogP contribution in [0.2, 0.25) is 5.02 Å². The number of thioether (sulfide) groups is 1. The number of nitrogens with zero attached hydrogens (tertiary/aromatic N) is 1. The molecule has 1 aliphatic rings. The second-order valence-electron chi connectivity index (χ2n) is 4.61. The van der Waals surface area contributed by atoms with E-state index in [1.165, 1.54) is 11.8 Å². The fourth-order valence-electron chi connectivity index (χ4n) is 2.04. The Kier molecular flexibility index (Phi) is 4.27. The molecule has 1 aliphatic heterocycles. The van der Waals surface area contributed by atoms with Crippen LogP contribution >= 0.6 is 23.4 Å². The first kappa shape index (κ1) is 14.2. The molecule has 2 aromatic rings. The van der Waals surface area contributed by atoms with E-state index in [4.69, 9.17) is 11.6 Å². The third kappa shape index (κ3) is 3.28. The summed E-state index contributed by atoms with van der Waals surface area (Å²) in [6.45, 7) is 0.478. The van der Waals surface area contributed by atoms with E-state index in [2.05, 4.69) is 10.3 Å². The van der Waals surface area contributed by atoms with Gasteiger partial charge in [0.2, 0.25) is 5.91 Å². The lowest BCUT2D eigenvalue weighted by Crippen LogP contribution is -2.30. The van der Waals surface area contributed by atoms with Gasteiger partial charge in [-0.1, -0.05) is 41.9 Å². The summed E-state index contributed by atoms with van der Waals surface area (Å²) < 4.78 is 0. The van der Waals surface area contributed by atoms with Gasteiger partial charge in [0.05, 0.1) is 12.2 Å². The molecule has 2 aromatic carbocycles. The number of fused-ring (bicyclic) bond motifs is 1. The fraction of sp³-hybridized carbons (Fsp3) is 0.125. The number of halogens is 1. The maximum Gasteiger partial charge on any atom is 0.243 e. The highest BCUT2D eigenvalue weighted by Crippen LogP contribution is 2.34. The summed E-state index contributed by atoms with van der Waals surface area (Å²) in [6.07, 6.45) is 1.69. The Morgan fingerprint density at radius 1 is 1.19 bits per heavy atom. The van der Waals surface area contributed by atoms with E-state index in [0.717, 1.165) is 16.1 Å². The van der Waals surface area contributed by atoms with Crippen LogP contribution in [0.25, 0.3) is 0 Å². The fourth-order valence-corrected chi connectivity index (χ4v) is 3.22. The van der Waals surface area contributed by atoms with Gasteiger partial charge in [0.15, 0.2) is 0 Å². The van der Waals surface area contributed by atoms with Crippen LogP contribution in [-0.4, -0.2) is 17.4 Å². The molecule has 0 aromatic heterocycles. The van der Waals surface area contributed by atoms with Crippen molar-refractivity contribution in [2.24, 2.45) is 4.99 Å². The number of carbonyl (C=O) groups is 1. The van der Waals surface area contributed by atoms with Crippen LogP contribution in [-0.2, 0) is 11.3 Å². The summed E-state index contributed by atoms with van der Waals surface area (Å²) in [4.78, 5) is 17.4. The summed E-state index contributed by atoms with van der Waals surface area (Å²) >= 11 is 7.59. The Balaban J connectivity index is 1.70. The number of amides is 1. The molecule has 1 unspecified atom stereocenters. The van der Waals surface area contributed by atoms with E-state index in [-0.39, 0.29) is 11.2 Å². The molecule has 0 spiro atoms. The molecule has 1 heterocycles. The van der Waals surface area contributed by atoms with Gasteiger partial charge in [0, 0.05) is 16.1 Å². The number of aliphatic imine (C=N–C) groups is 1. The summed E-state index contributed by atoms with van der Waals surface area (Å²) in [7, 11) is 0. The van der Waals surface area contributed by atoms with Gasteiger partial charge in [0.25, 0.3) is 0 Å². The molecule has 5 heteroatoms. The van der Waals surface area contributed by atoms with E-state index in [1.807, 2.05) is 48.5 Å². The van der Waals surface area contributed by atoms with Gasteiger partial charge < -0.3 is 5.32 Å². The minimum absolute atomic E-state index is 0.0402. The average Bonchev–Trinajstić information content (AvgIpc) is 2.49. The zero-order valence-electron chi connectivity index (χ0n) is 11.1. The lowest BCUT2D eigenvalue weighted by Gasteiger charge is -2.21. The first-order valence-electron chi connectivity index (χ1n) is 6.54. The normalized spacial score (nSPS) is 17.6. The van der Waals surface area contributed by atoms with Crippen LogP contribution in [0.1, 0.15) is 5.56 Å². The predicted molar refractivity (Wildman–Crippen MR) is 88.4 cm³/mol. The molecule has 1 N–H and O–H groups in total. The van der Waals surface area contributed by atoms with Crippen molar-refractivity contribution in [3.05, 3.63) is 59.1 Å². The Bertz CT molecular complexity index is 702. The van der Waals surface area contributed by atoms with E-state index < -0.39 is 0 Å². The minimum atomic E-state index is -0.303. The number of para-hydroxylation sites is 1. The molecule has 0 saturated heterocycles. The van der Waals surface area contributed by atoms with Crippen molar-refractivity contribution in [3.8, 4) is 0 Å². The number of hydrogen-bond acceptors (Lipinski definition) is 3. The van der Waals surface area contributed by atoms with Crippen molar-refractivity contribution in [1.29, 1.82) is 0 Å². The number of hydrogen-bond donors (Lipinski definition) is 1. The van der Waals surface area contributed by atoms with Gasteiger partial charge >= 0.3 is 0 Å². The molecular formula is C16H13ClN2OS. The third-order valence-electron chi connectivity index (χ3n) is 3.12. The Morgan fingerprint density at radius 3 is 2.81 bits per heavy atom. The quantitative estimate of drug-likeness (QED) is 0.869. The molecule has 106 valence electrons. The van der Waals surface area contributed by atoms with E-state index >= 15 is 0 Å². The van der Waals surface area contributed by atoms with Gasteiger partial charge in [-0.05, 0) is 23.8 Å². The maximum atomic E-state index is 12.0. The third-order valence-corrected chi connectivity index (χ3v) is 4.69. The standard InChI is InChI=1S/C16H13ClN2OS/c17-12-6-2-1-5-11(12)9-18-10-15-16(20)19-13-7-3-4-8-14(13)21-15/h1-8,10,15H,9H2,(H,19,20). The number of benzene rings is 2. The van der Waals surface area contributed by atoms with Crippen LogP contribution < -0.4 is 5.32 Å². The highest BCUT2D eigenvalue weighted by molar-refractivity contribution is 8.01. The number of rotatable bonds is 3. The predicted octanol–water partition coefficient (Wildman–Crippen LogP) is 4.02. The van der Waals surface area contributed by atoms with Gasteiger partial charge in [-0.15, -0.1) is 11.8 Å². The monoisotopic (exact) mass is 316 g/mol. The molecule has 3 rings (SSSR count). The molecule has 21 heavy (non-hydrogen) atoms. The zero-order chi connectivity index (χ0) is 14.7. The number of nitrogens with one attached hydrogen (secondary N) is 1. The molecule has 1 atom stereocenters. The summed E-state index contributed by atoms with van der Waals surface area (Å²) in [5.41, 5.74) is 1.82. The highest BCUT2D eigenvalue weighted by Gasteiger charge is 2.24. The van der Waals surface area contributed by atoms with Crippen molar-refractivity contribution in [2.75, 3.05) is 5.32 Å². The minimum Gasteiger partial charge on any atom is -0.324 e. The Morgan fingerprint density at radius 2 is 1.95 bits per heavy atom. The molecule has 0 bridgehead atoms. The van der Waals surface area contributed by atoms with Gasteiger partial charge in [-0.3, -0.25) is 9.79 Å². The lowest BCUT2D eigenvalue weighted by atomic mass is 10.2. The first-order chi connectivity index (χ1) is 10.2. The van der Waals surface area contributed by atoms with Crippen molar-refractivity contribution in [3.63, 3.8) is 0 Å². The SMILES string of the molecule is O=C1Nc2ccccc2SC1C=NCc1ccccc1Cl. The van der Waals surface area contributed by atoms with Crippen molar-refractivity contribution in [2.45, 2.75) is 16.7 Å². The van der Waals surface area contributed by atoms with Crippen LogP contribution in [0.5, 0.6) is 0 Å². The van der Waals surface area contributed by atoms with Crippen LogP contribution in [0.3, 0.4) is 0 Å². The lowest BCUT2D eigenvalue weighted by molar-refractivity contribution is -0.114. The average molecular weight is 317 g/mol. The maximum absolute atomic E-state index is 12.0. The van der Waals surface area contributed by atoms with E-state index in [9.17, 15) is 4.79 Å². The van der Waals surface area contributed by atoms with Gasteiger partial charge in [-0.2, -0.15) is 0 Å². The molecular weight excluding hydrogens is 304 g/mol. The van der Waals surface area contributed by atoms with Crippen molar-refractivity contribution < 1.29 is 4.79 Å². The van der Waals surface area contributed by atoms with Gasteiger partial charge in [0.1, 0.15) is 5.25 Å². The van der Waals surface area contributed by atoms with Crippen LogP contribution in [0.15, 0.2) is 58.4 Å². The number of carbonyl (C=O) groups excluding carboxylic acids is 1. The molecule has 1 amide bonds. The molecule has 0 radical (unpaired) electrons. The van der Waals surface area contributed by atoms with E-state index in [1.54, 1.807) is 6.21 Å². The summed E-state index contributed by atoms with van der Waals surface area (Å²) in [5, 5.41) is 3.28. The Hall–Kier alpha value is -1.78. The summed E-state index contributed by atoms with van der Waals surface area (Å²) in [5.74, 6) is -0.0402. The second kappa shape index (κ2) is 6.33. The number of anilines is 1. The first-order valence-corrected chi connectivity index (χ1v) is 7.80.